The van der Waals surface area contributed by atoms with E-state index in [0.29, 0.717) is 23.1 Å². The average molecular weight is 289 g/mol. The van der Waals surface area contributed by atoms with Crippen molar-refractivity contribution in [1.29, 1.82) is 0 Å². The fraction of sp³-hybridized carbons (Fsp3) is 0.467. The number of piperidine rings is 1. The van der Waals surface area contributed by atoms with Crippen LogP contribution in [0.3, 0.4) is 0 Å². The van der Waals surface area contributed by atoms with Crippen molar-refractivity contribution >= 4 is 5.91 Å². The molecule has 0 atom stereocenters. The Hall–Kier alpha value is -2.08. The molecule has 21 heavy (non-hydrogen) atoms. The predicted octanol–water partition coefficient (Wildman–Crippen LogP) is 2.01. The molecule has 6 nitrogen and oxygen atoms in total. The highest BCUT2D eigenvalue weighted by molar-refractivity contribution is 5.93. The molecule has 0 aromatic carbocycles. The molecular formula is C15H19N3O3. The highest BCUT2D eigenvalue weighted by Gasteiger charge is 2.25. The number of rotatable bonds is 4. The van der Waals surface area contributed by atoms with Gasteiger partial charge >= 0.3 is 0 Å². The summed E-state index contributed by atoms with van der Waals surface area (Å²) in [6, 6.07) is 5.19. The van der Waals surface area contributed by atoms with E-state index in [4.69, 9.17) is 8.94 Å². The summed E-state index contributed by atoms with van der Waals surface area (Å²) in [5.74, 6) is 1.64. The molecule has 1 amide bonds. The molecular weight excluding hydrogens is 270 g/mol. The van der Waals surface area contributed by atoms with Crippen LogP contribution in [0.25, 0.3) is 11.5 Å². The molecule has 0 spiro atoms. The molecule has 1 fully saturated rings. The summed E-state index contributed by atoms with van der Waals surface area (Å²) in [5.41, 5.74) is 0.341. The molecule has 0 unspecified atom stereocenters. The largest absolute Gasteiger partial charge is 0.461 e. The number of carbonyl (C=O) groups excluding carboxylic acids is 1. The van der Waals surface area contributed by atoms with Gasteiger partial charge in [-0.3, -0.25) is 4.79 Å². The number of nitrogens with zero attached hydrogens (tertiary/aromatic N) is 2. The second-order valence-corrected chi connectivity index (χ2v) is 5.35. The lowest BCUT2D eigenvalue weighted by Gasteiger charge is -2.31. The summed E-state index contributed by atoms with van der Waals surface area (Å²) < 4.78 is 10.4. The lowest BCUT2D eigenvalue weighted by atomic mass is 9.96. The normalized spacial score (nSPS) is 16.3. The Balaban J connectivity index is 1.64. The van der Waals surface area contributed by atoms with Gasteiger partial charge in [-0.15, -0.1) is 0 Å². The minimum atomic E-state index is -0.0699. The van der Waals surface area contributed by atoms with Crippen molar-refractivity contribution in [3.8, 4) is 11.5 Å². The monoisotopic (exact) mass is 289 g/mol. The van der Waals surface area contributed by atoms with Gasteiger partial charge in [0.05, 0.1) is 6.26 Å². The van der Waals surface area contributed by atoms with Gasteiger partial charge in [0.25, 0.3) is 5.91 Å². The molecule has 0 radical (unpaired) electrons. The number of likely N-dealkylation sites (tertiary alicyclic amines) is 1. The molecule has 1 aliphatic rings. The van der Waals surface area contributed by atoms with Gasteiger partial charge in [0.2, 0.25) is 5.76 Å². The maximum atomic E-state index is 12.4. The smallest absolute Gasteiger partial charge is 0.276 e. The number of hydrogen-bond acceptors (Lipinski definition) is 5. The van der Waals surface area contributed by atoms with Crippen molar-refractivity contribution in [2.75, 3.05) is 26.7 Å². The predicted molar refractivity (Wildman–Crippen MR) is 76.8 cm³/mol. The number of amides is 1. The van der Waals surface area contributed by atoms with Crippen molar-refractivity contribution in [2.24, 2.45) is 5.92 Å². The molecule has 0 bridgehead atoms. The van der Waals surface area contributed by atoms with E-state index in [0.717, 1.165) is 32.5 Å². The Morgan fingerprint density at radius 3 is 2.90 bits per heavy atom. The first-order chi connectivity index (χ1) is 10.3. The van der Waals surface area contributed by atoms with Crippen LogP contribution in [0, 0.1) is 5.92 Å². The zero-order valence-electron chi connectivity index (χ0n) is 12.0. The van der Waals surface area contributed by atoms with E-state index in [1.165, 1.54) is 0 Å². The maximum absolute atomic E-state index is 12.4. The topological polar surface area (TPSA) is 71.5 Å². The van der Waals surface area contributed by atoms with E-state index in [-0.39, 0.29) is 5.91 Å². The second kappa shape index (κ2) is 6.13. The van der Waals surface area contributed by atoms with Crippen molar-refractivity contribution in [3.63, 3.8) is 0 Å². The van der Waals surface area contributed by atoms with Crippen LogP contribution >= 0.6 is 0 Å². The first kappa shape index (κ1) is 13.9. The zero-order chi connectivity index (χ0) is 14.7. The van der Waals surface area contributed by atoms with Gasteiger partial charge in [-0.2, -0.15) is 0 Å². The molecule has 1 N–H and O–H groups in total. The van der Waals surface area contributed by atoms with E-state index in [2.05, 4.69) is 10.5 Å². The molecule has 6 heteroatoms. The SMILES string of the molecule is CNCC1CCN(C(=O)c2cc(-c3ccco3)on2)CC1. The van der Waals surface area contributed by atoms with Gasteiger partial charge in [0.1, 0.15) is 0 Å². The van der Waals surface area contributed by atoms with E-state index < -0.39 is 0 Å². The summed E-state index contributed by atoms with van der Waals surface area (Å²) >= 11 is 0. The third-order valence-electron chi connectivity index (χ3n) is 3.89. The molecule has 3 heterocycles. The average Bonchev–Trinajstić information content (AvgIpc) is 3.19. The fourth-order valence-corrected chi connectivity index (χ4v) is 2.70. The van der Waals surface area contributed by atoms with Crippen LogP contribution in [0.4, 0.5) is 0 Å². The van der Waals surface area contributed by atoms with E-state index >= 15 is 0 Å². The quantitative estimate of drug-likeness (QED) is 0.932. The summed E-state index contributed by atoms with van der Waals surface area (Å²) in [5, 5.41) is 7.05. The van der Waals surface area contributed by atoms with Crippen molar-refractivity contribution < 1.29 is 13.7 Å². The zero-order valence-corrected chi connectivity index (χ0v) is 12.0. The van der Waals surface area contributed by atoms with Crippen LogP contribution in [0.2, 0.25) is 0 Å². The molecule has 3 rings (SSSR count). The van der Waals surface area contributed by atoms with Crippen LogP contribution in [-0.2, 0) is 0 Å². The Bertz CT molecular complexity index is 583. The molecule has 112 valence electrons. The van der Waals surface area contributed by atoms with E-state index in [1.54, 1.807) is 24.5 Å². The van der Waals surface area contributed by atoms with Crippen LogP contribution in [0.15, 0.2) is 33.4 Å². The minimum absolute atomic E-state index is 0.0699. The van der Waals surface area contributed by atoms with Crippen molar-refractivity contribution in [1.82, 2.24) is 15.4 Å². The van der Waals surface area contributed by atoms with Crippen LogP contribution in [-0.4, -0.2) is 42.6 Å². The lowest BCUT2D eigenvalue weighted by Crippen LogP contribution is -2.40. The second-order valence-electron chi connectivity index (χ2n) is 5.35. The van der Waals surface area contributed by atoms with E-state index in [9.17, 15) is 4.79 Å². The lowest BCUT2D eigenvalue weighted by molar-refractivity contribution is 0.0680. The van der Waals surface area contributed by atoms with Gasteiger partial charge < -0.3 is 19.2 Å². The number of carbonyl (C=O) groups is 1. The number of hydrogen-bond donors (Lipinski definition) is 1. The molecule has 1 aliphatic heterocycles. The Kier molecular flexibility index (Phi) is 4.06. The van der Waals surface area contributed by atoms with Gasteiger partial charge in [0.15, 0.2) is 11.5 Å². The van der Waals surface area contributed by atoms with Crippen molar-refractivity contribution in [2.45, 2.75) is 12.8 Å². The maximum Gasteiger partial charge on any atom is 0.276 e. The third-order valence-corrected chi connectivity index (χ3v) is 3.89. The Labute approximate surface area is 123 Å². The molecule has 2 aromatic rings. The number of nitrogens with one attached hydrogen (secondary N) is 1. The summed E-state index contributed by atoms with van der Waals surface area (Å²) in [6.45, 7) is 2.55. The number of furan rings is 1. The standard InChI is InChI=1S/C15H19N3O3/c1-16-10-11-4-6-18(7-5-11)15(19)12-9-14(21-17-12)13-3-2-8-20-13/h2-3,8-9,11,16H,4-7,10H2,1H3. The first-order valence-corrected chi connectivity index (χ1v) is 7.22. The Morgan fingerprint density at radius 1 is 1.43 bits per heavy atom. The fourth-order valence-electron chi connectivity index (χ4n) is 2.70. The molecule has 2 aromatic heterocycles. The van der Waals surface area contributed by atoms with Crippen molar-refractivity contribution in [3.05, 3.63) is 30.2 Å². The van der Waals surface area contributed by atoms with Gasteiger partial charge in [-0.05, 0) is 44.5 Å². The first-order valence-electron chi connectivity index (χ1n) is 7.22. The molecule has 0 saturated carbocycles. The summed E-state index contributed by atoms with van der Waals surface area (Å²) in [4.78, 5) is 14.2. The Morgan fingerprint density at radius 2 is 2.24 bits per heavy atom. The summed E-state index contributed by atoms with van der Waals surface area (Å²) in [7, 11) is 1.96. The van der Waals surface area contributed by atoms with Crippen LogP contribution in [0.5, 0.6) is 0 Å². The molecule has 1 saturated heterocycles. The highest BCUT2D eigenvalue weighted by Crippen LogP contribution is 2.23. The van der Waals surface area contributed by atoms with Gasteiger partial charge in [-0.25, -0.2) is 0 Å². The summed E-state index contributed by atoms with van der Waals surface area (Å²) in [6.07, 6.45) is 3.61. The molecule has 0 aliphatic carbocycles. The van der Waals surface area contributed by atoms with E-state index in [1.807, 2.05) is 11.9 Å². The van der Waals surface area contributed by atoms with Crippen LogP contribution < -0.4 is 5.32 Å². The minimum Gasteiger partial charge on any atom is -0.461 e. The van der Waals surface area contributed by atoms with Crippen LogP contribution in [0.1, 0.15) is 23.3 Å². The van der Waals surface area contributed by atoms with Gasteiger partial charge in [0, 0.05) is 19.2 Å². The highest BCUT2D eigenvalue weighted by atomic mass is 16.5. The third kappa shape index (κ3) is 3.00. The number of aromatic nitrogens is 1. The van der Waals surface area contributed by atoms with Gasteiger partial charge in [-0.1, -0.05) is 5.16 Å².